The van der Waals surface area contributed by atoms with Crippen LogP contribution >= 0.6 is 27.5 Å². The standard InChI is InChI=1S/C16H21BrClN3O2S/c1-6-7-21(15-11(3)19-20(5)12(15)4)24(22,23)16-10(2)8-13(17)9-14(16)18/h8-9H,6-7H2,1-5H3. The molecule has 0 amide bonds. The summed E-state index contributed by atoms with van der Waals surface area (Å²) in [5.74, 6) is 0. The quantitative estimate of drug-likeness (QED) is 0.702. The van der Waals surface area contributed by atoms with Gasteiger partial charge in [-0.25, -0.2) is 8.42 Å². The summed E-state index contributed by atoms with van der Waals surface area (Å²) in [6.45, 7) is 7.73. The first kappa shape index (κ1) is 19.3. The lowest BCUT2D eigenvalue weighted by molar-refractivity contribution is 0.589. The molecule has 5 nitrogen and oxygen atoms in total. The summed E-state index contributed by atoms with van der Waals surface area (Å²) in [7, 11) is -1.99. The molecule has 0 radical (unpaired) electrons. The number of rotatable bonds is 5. The van der Waals surface area contributed by atoms with E-state index in [-0.39, 0.29) is 9.92 Å². The molecule has 0 bridgehead atoms. The van der Waals surface area contributed by atoms with Gasteiger partial charge in [0.15, 0.2) is 0 Å². The van der Waals surface area contributed by atoms with E-state index in [0.717, 1.165) is 10.2 Å². The average Bonchev–Trinajstić information content (AvgIpc) is 2.68. The third-order valence-corrected chi connectivity index (χ3v) is 6.76. The maximum absolute atomic E-state index is 13.4. The normalized spacial score (nSPS) is 11.8. The molecule has 0 saturated carbocycles. The number of nitrogens with zero attached hydrogens (tertiary/aromatic N) is 3. The molecule has 0 atom stereocenters. The fourth-order valence-electron chi connectivity index (χ4n) is 2.80. The van der Waals surface area contributed by atoms with E-state index in [2.05, 4.69) is 21.0 Å². The van der Waals surface area contributed by atoms with Crippen LogP contribution in [0.4, 0.5) is 5.69 Å². The van der Waals surface area contributed by atoms with Crippen molar-refractivity contribution in [2.24, 2.45) is 7.05 Å². The van der Waals surface area contributed by atoms with Gasteiger partial charge in [-0.15, -0.1) is 0 Å². The Kier molecular flexibility index (Phi) is 5.67. The van der Waals surface area contributed by atoms with Crippen molar-refractivity contribution < 1.29 is 8.42 Å². The molecule has 132 valence electrons. The van der Waals surface area contributed by atoms with Gasteiger partial charge in [-0.1, -0.05) is 34.5 Å². The molecule has 0 unspecified atom stereocenters. The first-order chi connectivity index (χ1) is 11.1. The van der Waals surface area contributed by atoms with Crippen LogP contribution in [0.3, 0.4) is 0 Å². The Morgan fingerprint density at radius 1 is 1.29 bits per heavy atom. The minimum absolute atomic E-state index is 0.142. The van der Waals surface area contributed by atoms with Gasteiger partial charge >= 0.3 is 0 Å². The molecule has 24 heavy (non-hydrogen) atoms. The molecule has 1 aromatic carbocycles. The van der Waals surface area contributed by atoms with Gasteiger partial charge in [0.2, 0.25) is 0 Å². The lowest BCUT2D eigenvalue weighted by atomic mass is 10.2. The zero-order valence-corrected chi connectivity index (χ0v) is 17.5. The molecular weight excluding hydrogens is 414 g/mol. The number of aromatic nitrogens is 2. The largest absolute Gasteiger partial charge is 0.270 e. The second-order valence-corrected chi connectivity index (χ2v) is 8.88. The summed E-state index contributed by atoms with van der Waals surface area (Å²) in [4.78, 5) is 0.142. The molecule has 8 heteroatoms. The SMILES string of the molecule is CCCN(c1c(C)nn(C)c1C)S(=O)(=O)c1c(C)cc(Br)cc1Cl. The van der Waals surface area contributed by atoms with Crippen LogP contribution in [0.1, 0.15) is 30.3 Å². The third kappa shape index (κ3) is 3.34. The molecule has 2 aromatic rings. The predicted octanol–water partition coefficient (Wildman–Crippen LogP) is 4.37. The van der Waals surface area contributed by atoms with Crippen LogP contribution < -0.4 is 4.31 Å². The van der Waals surface area contributed by atoms with Gasteiger partial charge in [0.05, 0.1) is 22.1 Å². The summed E-state index contributed by atoms with van der Waals surface area (Å²) < 4.78 is 30.6. The van der Waals surface area contributed by atoms with Crippen molar-refractivity contribution in [2.75, 3.05) is 10.8 Å². The first-order valence-corrected chi connectivity index (χ1v) is 10.2. The van der Waals surface area contributed by atoms with E-state index in [4.69, 9.17) is 11.6 Å². The number of hydrogen-bond acceptors (Lipinski definition) is 3. The second kappa shape index (κ2) is 7.06. The maximum atomic E-state index is 13.4. The molecule has 1 aromatic heterocycles. The molecular formula is C16H21BrClN3O2S. The van der Waals surface area contributed by atoms with E-state index >= 15 is 0 Å². The lowest BCUT2D eigenvalue weighted by Gasteiger charge is -2.26. The molecule has 0 aliphatic heterocycles. The number of aryl methyl sites for hydroxylation is 3. The van der Waals surface area contributed by atoms with Crippen LogP contribution in [0.5, 0.6) is 0 Å². The van der Waals surface area contributed by atoms with Crippen LogP contribution in [-0.2, 0) is 17.1 Å². The second-order valence-electron chi connectivity index (χ2n) is 5.75. The Hall–Kier alpha value is -1.05. The Balaban J connectivity index is 2.72. The van der Waals surface area contributed by atoms with Gasteiger partial charge in [-0.3, -0.25) is 8.99 Å². The molecule has 0 fully saturated rings. The van der Waals surface area contributed by atoms with E-state index in [9.17, 15) is 8.42 Å². The average molecular weight is 435 g/mol. The number of hydrogen-bond donors (Lipinski definition) is 0. The Morgan fingerprint density at radius 3 is 2.38 bits per heavy atom. The van der Waals surface area contributed by atoms with Crippen molar-refractivity contribution in [1.29, 1.82) is 0 Å². The number of anilines is 1. The molecule has 0 N–H and O–H groups in total. The van der Waals surface area contributed by atoms with Crippen LogP contribution in [0.15, 0.2) is 21.5 Å². The number of benzene rings is 1. The summed E-state index contributed by atoms with van der Waals surface area (Å²) in [6, 6.07) is 3.36. The van der Waals surface area contributed by atoms with Gasteiger partial charge in [-0.2, -0.15) is 5.10 Å². The lowest BCUT2D eigenvalue weighted by Crippen LogP contribution is -2.33. The van der Waals surface area contributed by atoms with Gasteiger partial charge in [0.1, 0.15) is 4.90 Å². The Labute approximate surface area is 156 Å². The molecule has 0 aliphatic carbocycles. The third-order valence-electron chi connectivity index (χ3n) is 3.89. The minimum Gasteiger partial charge on any atom is -0.270 e. The zero-order chi connectivity index (χ0) is 18.2. The van der Waals surface area contributed by atoms with Crippen LogP contribution in [0.25, 0.3) is 0 Å². The first-order valence-electron chi connectivity index (χ1n) is 7.59. The monoisotopic (exact) mass is 433 g/mol. The Bertz CT molecular complexity index is 855. The molecule has 0 saturated heterocycles. The van der Waals surface area contributed by atoms with E-state index in [0.29, 0.717) is 29.9 Å². The topological polar surface area (TPSA) is 55.2 Å². The zero-order valence-electron chi connectivity index (χ0n) is 14.4. The van der Waals surface area contributed by atoms with Gasteiger partial charge < -0.3 is 0 Å². The highest BCUT2D eigenvalue weighted by atomic mass is 79.9. The predicted molar refractivity (Wildman–Crippen MR) is 101 cm³/mol. The van der Waals surface area contributed by atoms with Crippen molar-refractivity contribution in [3.05, 3.63) is 38.6 Å². The van der Waals surface area contributed by atoms with Gasteiger partial charge in [0, 0.05) is 18.1 Å². The summed E-state index contributed by atoms with van der Waals surface area (Å²) in [6.07, 6.45) is 0.681. The molecule has 0 spiro atoms. The highest BCUT2D eigenvalue weighted by Crippen LogP contribution is 2.35. The van der Waals surface area contributed by atoms with Gasteiger partial charge in [-0.05, 0) is 44.9 Å². The van der Waals surface area contributed by atoms with Crippen molar-refractivity contribution in [3.8, 4) is 0 Å². The van der Waals surface area contributed by atoms with Gasteiger partial charge in [0.25, 0.3) is 10.0 Å². The van der Waals surface area contributed by atoms with E-state index < -0.39 is 10.0 Å². The van der Waals surface area contributed by atoms with Crippen molar-refractivity contribution in [1.82, 2.24) is 9.78 Å². The summed E-state index contributed by atoms with van der Waals surface area (Å²) >= 11 is 9.63. The molecule has 2 rings (SSSR count). The minimum atomic E-state index is -3.80. The summed E-state index contributed by atoms with van der Waals surface area (Å²) in [5, 5.41) is 4.56. The number of sulfonamides is 1. The van der Waals surface area contributed by atoms with Crippen molar-refractivity contribution in [3.63, 3.8) is 0 Å². The Morgan fingerprint density at radius 2 is 1.92 bits per heavy atom. The fraction of sp³-hybridized carbons (Fsp3) is 0.438. The maximum Gasteiger partial charge on any atom is 0.266 e. The summed E-state index contributed by atoms with van der Waals surface area (Å²) in [5.41, 5.74) is 2.71. The van der Waals surface area contributed by atoms with Crippen molar-refractivity contribution >= 4 is 43.2 Å². The fourth-order valence-corrected chi connectivity index (χ4v) is 5.99. The van der Waals surface area contributed by atoms with E-state index in [1.165, 1.54) is 4.31 Å². The molecule has 0 aliphatic rings. The van der Waals surface area contributed by atoms with Crippen LogP contribution in [-0.4, -0.2) is 24.7 Å². The number of halogens is 2. The van der Waals surface area contributed by atoms with Crippen LogP contribution in [0.2, 0.25) is 5.02 Å². The molecule has 1 heterocycles. The van der Waals surface area contributed by atoms with Crippen molar-refractivity contribution in [2.45, 2.75) is 39.0 Å². The van der Waals surface area contributed by atoms with Crippen LogP contribution in [0, 0.1) is 20.8 Å². The highest BCUT2D eigenvalue weighted by molar-refractivity contribution is 9.10. The van der Waals surface area contributed by atoms with E-state index in [1.807, 2.05) is 20.8 Å². The van der Waals surface area contributed by atoms with E-state index in [1.54, 1.807) is 30.8 Å². The highest BCUT2D eigenvalue weighted by Gasteiger charge is 2.32. The smallest absolute Gasteiger partial charge is 0.266 e.